The quantitative estimate of drug-likeness (QED) is 0.716. The van der Waals surface area contributed by atoms with Gasteiger partial charge < -0.3 is 20.2 Å². The van der Waals surface area contributed by atoms with Crippen molar-refractivity contribution in [1.82, 2.24) is 10.3 Å². The number of benzene rings is 1. The van der Waals surface area contributed by atoms with E-state index in [4.69, 9.17) is 4.42 Å². The van der Waals surface area contributed by atoms with E-state index in [0.29, 0.717) is 23.7 Å². The fourth-order valence-corrected chi connectivity index (χ4v) is 2.14. The molecule has 1 aromatic carbocycles. The molecule has 0 unspecified atom stereocenters. The number of anilines is 1. The van der Waals surface area contributed by atoms with Gasteiger partial charge in [0.05, 0.1) is 0 Å². The number of rotatable bonds is 6. The summed E-state index contributed by atoms with van der Waals surface area (Å²) in [5, 5.41) is 14.7. The molecule has 2 aromatic rings. The van der Waals surface area contributed by atoms with Crippen molar-refractivity contribution in [2.45, 2.75) is 33.6 Å². The summed E-state index contributed by atoms with van der Waals surface area (Å²) < 4.78 is 5.43. The van der Waals surface area contributed by atoms with Gasteiger partial charge in [-0.05, 0) is 30.4 Å². The minimum Gasteiger partial charge on any atom is -0.441 e. The van der Waals surface area contributed by atoms with Crippen LogP contribution in [-0.2, 0) is 0 Å². The average molecular weight is 305 g/mol. The second-order valence-corrected chi connectivity index (χ2v) is 6.22. The Morgan fingerprint density at radius 1 is 1.41 bits per heavy atom. The molecule has 0 saturated heterocycles. The van der Waals surface area contributed by atoms with Gasteiger partial charge in [0.25, 0.3) is 0 Å². The van der Waals surface area contributed by atoms with Crippen LogP contribution in [0.15, 0.2) is 22.6 Å². The molecule has 6 nitrogen and oxygen atoms in total. The summed E-state index contributed by atoms with van der Waals surface area (Å²) in [5.74, 6) is 0.600. The molecule has 22 heavy (non-hydrogen) atoms. The molecule has 2 rings (SSSR count). The molecule has 0 atom stereocenters. The number of carbonyl (C=O) groups excluding carboxylic acids is 1. The first kappa shape index (κ1) is 16.3. The van der Waals surface area contributed by atoms with Gasteiger partial charge in [-0.15, -0.1) is 0 Å². The largest absolute Gasteiger partial charge is 0.441 e. The van der Waals surface area contributed by atoms with Crippen LogP contribution < -0.4 is 10.6 Å². The lowest BCUT2D eigenvalue weighted by atomic mass is 9.89. The zero-order chi connectivity index (χ0) is 16.2. The Balaban J connectivity index is 1.80. The average Bonchev–Trinajstić information content (AvgIpc) is 2.83. The molecule has 120 valence electrons. The van der Waals surface area contributed by atoms with Crippen LogP contribution in [0.3, 0.4) is 0 Å². The maximum Gasteiger partial charge on any atom is 0.319 e. The highest BCUT2D eigenvalue weighted by Crippen LogP contribution is 2.21. The van der Waals surface area contributed by atoms with Crippen LogP contribution in [0.5, 0.6) is 0 Å². The number of aliphatic hydroxyl groups is 1. The summed E-state index contributed by atoms with van der Waals surface area (Å²) >= 11 is 0. The molecule has 0 fully saturated rings. The molecular formula is C16H23N3O3. The molecule has 2 amide bonds. The topological polar surface area (TPSA) is 87.4 Å². The third-order valence-electron chi connectivity index (χ3n) is 3.50. The van der Waals surface area contributed by atoms with Gasteiger partial charge in [0, 0.05) is 31.8 Å². The second kappa shape index (κ2) is 6.79. The van der Waals surface area contributed by atoms with E-state index in [-0.39, 0.29) is 18.1 Å². The van der Waals surface area contributed by atoms with Crippen molar-refractivity contribution in [2.75, 3.05) is 18.5 Å². The first-order chi connectivity index (χ1) is 10.4. The molecule has 0 aliphatic heterocycles. The highest BCUT2D eigenvalue weighted by molar-refractivity contribution is 5.91. The van der Waals surface area contributed by atoms with Crippen molar-refractivity contribution in [1.29, 1.82) is 0 Å². The van der Waals surface area contributed by atoms with E-state index in [1.54, 1.807) is 19.1 Å². The Bertz CT molecular complexity index is 649. The lowest BCUT2D eigenvalue weighted by molar-refractivity contribution is 0.148. The fourth-order valence-electron chi connectivity index (χ4n) is 2.14. The van der Waals surface area contributed by atoms with Gasteiger partial charge in [-0.3, -0.25) is 0 Å². The molecule has 0 aliphatic rings. The number of aliphatic hydroxyl groups excluding tert-OH is 1. The minimum atomic E-state index is -0.252. The number of fused-ring (bicyclic) bond motifs is 1. The summed E-state index contributed by atoms with van der Waals surface area (Å²) in [7, 11) is 0. The SMILES string of the molecule is Cc1nc2ccc(NC(=O)NCCCC(C)(C)CO)cc2o1. The van der Waals surface area contributed by atoms with Gasteiger partial charge in [-0.2, -0.15) is 0 Å². The van der Waals surface area contributed by atoms with Gasteiger partial charge >= 0.3 is 6.03 Å². The van der Waals surface area contributed by atoms with Crippen molar-refractivity contribution in [3.05, 3.63) is 24.1 Å². The molecule has 3 N–H and O–H groups in total. The summed E-state index contributed by atoms with van der Waals surface area (Å²) in [4.78, 5) is 16.0. The Morgan fingerprint density at radius 2 is 2.18 bits per heavy atom. The number of aromatic nitrogens is 1. The van der Waals surface area contributed by atoms with Gasteiger partial charge in [-0.25, -0.2) is 9.78 Å². The highest BCUT2D eigenvalue weighted by atomic mass is 16.3. The van der Waals surface area contributed by atoms with Gasteiger partial charge in [0.1, 0.15) is 5.52 Å². The van der Waals surface area contributed by atoms with Gasteiger partial charge in [0.2, 0.25) is 0 Å². The third kappa shape index (κ3) is 4.46. The van der Waals surface area contributed by atoms with E-state index in [2.05, 4.69) is 15.6 Å². The lowest BCUT2D eigenvalue weighted by Crippen LogP contribution is -2.30. The Kier molecular flexibility index (Phi) is 5.03. The molecule has 1 aromatic heterocycles. The minimum absolute atomic E-state index is 0.104. The highest BCUT2D eigenvalue weighted by Gasteiger charge is 2.15. The number of aryl methyl sites for hydroxylation is 1. The lowest BCUT2D eigenvalue weighted by Gasteiger charge is -2.21. The first-order valence-corrected chi connectivity index (χ1v) is 7.42. The maximum atomic E-state index is 11.8. The number of carbonyl (C=O) groups is 1. The van der Waals surface area contributed by atoms with Crippen LogP contribution in [0, 0.1) is 12.3 Å². The maximum absolute atomic E-state index is 11.8. The van der Waals surface area contributed by atoms with Crippen molar-refractivity contribution in [3.63, 3.8) is 0 Å². The van der Waals surface area contributed by atoms with Crippen LogP contribution in [0.1, 0.15) is 32.6 Å². The number of nitrogens with one attached hydrogen (secondary N) is 2. The smallest absolute Gasteiger partial charge is 0.319 e. The number of urea groups is 1. The normalized spacial score (nSPS) is 11.6. The zero-order valence-corrected chi connectivity index (χ0v) is 13.3. The monoisotopic (exact) mass is 305 g/mol. The predicted molar refractivity (Wildman–Crippen MR) is 85.9 cm³/mol. The van der Waals surface area contributed by atoms with Crippen molar-refractivity contribution in [3.8, 4) is 0 Å². The molecular weight excluding hydrogens is 282 g/mol. The van der Waals surface area contributed by atoms with E-state index in [1.165, 1.54) is 0 Å². The number of oxazole rings is 1. The molecule has 0 saturated carbocycles. The summed E-state index contributed by atoms with van der Waals surface area (Å²) in [6.07, 6.45) is 1.67. The predicted octanol–water partition coefficient (Wildman–Crippen LogP) is 3.06. The zero-order valence-electron chi connectivity index (χ0n) is 13.3. The van der Waals surface area contributed by atoms with E-state index >= 15 is 0 Å². The molecule has 0 spiro atoms. The van der Waals surface area contributed by atoms with Crippen LogP contribution in [0.25, 0.3) is 11.1 Å². The fraction of sp³-hybridized carbons (Fsp3) is 0.500. The van der Waals surface area contributed by atoms with E-state index in [1.807, 2.05) is 19.9 Å². The molecule has 0 aliphatic carbocycles. The standard InChI is InChI=1S/C16H23N3O3/c1-11-18-13-6-5-12(9-14(13)22-11)19-15(21)17-8-4-7-16(2,3)10-20/h5-6,9,20H,4,7-8,10H2,1-3H3,(H2,17,19,21). The Hall–Kier alpha value is -2.08. The number of amides is 2. The van der Waals surface area contributed by atoms with Crippen LogP contribution in [0.4, 0.5) is 10.5 Å². The van der Waals surface area contributed by atoms with Crippen LogP contribution >= 0.6 is 0 Å². The Labute approximate surface area is 129 Å². The number of nitrogens with zero attached hydrogens (tertiary/aromatic N) is 1. The van der Waals surface area contributed by atoms with Crippen molar-refractivity contribution < 1.29 is 14.3 Å². The van der Waals surface area contributed by atoms with E-state index in [9.17, 15) is 9.90 Å². The van der Waals surface area contributed by atoms with E-state index < -0.39 is 0 Å². The van der Waals surface area contributed by atoms with Crippen molar-refractivity contribution in [2.24, 2.45) is 5.41 Å². The Morgan fingerprint density at radius 3 is 2.91 bits per heavy atom. The number of hydrogen-bond acceptors (Lipinski definition) is 4. The summed E-state index contributed by atoms with van der Waals surface area (Å²) in [6, 6.07) is 5.10. The van der Waals surface area contributed by atoms with Gasteiger partial charge in [-0.1, -0.05) is 13.8 Å². The molecule has 0 bridgehead atoms. The third-order valence-corrected chi connectivity index (χ3v) is 3.50. The van der Waals surface area contributed by atoms with Crippen LogP contribution in [-0.4, -0.2) is 29.3 Å². The molecule has 6 heteroatoms. The molecule has 0 radical (unpaired) electrons. The van der Waals surface area contributed by atoms with Crippen molar-refractivity contribution >= 4 is 22.8 Å². The van der Waals surface area contributed by atoms with Crippen LogP contribution in [0.2, 0.25) is 0 Å². The van der Waals surface area contributed by atoms with Gasteiger partial charge in [0.15, 0.2) is 11.5 Å². The second-order valence-electron chi connectivity index (χ2n) is 6.22. The number of hydrogen-bond donors (Lipinski definition) is 3. The van der Waals surface area contributed by atoms with E-state index in [0.717, 1.165) is 18.4 Å². The first-order valence-electron chi connectivity index (χ1n) is 7.42. The summed E-state index contributed by atoms with van der Waals surface area (Å²) in [5.41, 5.74) is 1.99. The summed E-state index contributed by atoms with van der Waals surface area (Å²) in [6.45, 7) is 6.51. The molecule has 1 heterocycles.